The maximum absolute atomic E-state index is 12.7. The van der Waals surface area contributed by atoms with E-state index in [9.17, 15) is 13.6 Å². The van der Waals surface area contributed by atoms with Gasteiger partial charge in [0.2, 0.25) is 0 Å². The fourth-order valence-electron chi connectivity index (χ4n) is 3.34. The van der Waals surface area contributed by atoms with Crippen LogP contribution in [0.15, 0.2) is 29.2 Å². The Labute approximate surface area is 168 Å². The molecule has 0 atom stereocenters. The van der Waals surface area contributed by atoms with Gasteiger partial charge in [0.15, 0.2) is 12.4 Å². The summed E-state index contributed by atoms with van der Waals surface area (Å²) in [5.74, 6) is -2.62. The van der Waals surface area contributed by atoms with Crippen molar-refractivity contribution in [2.45, 2.75) is 42.9 Å². The van der Waals surface area contributed by atoms with E-state index in [-0.39, 0.29) is 17.1 Å². The van der Waals surface area contributed by atoms with Crippen LogP contribution in [-0.2, 0) is 24.2 Å². The highest BCUT2D eigenvalue weighted by atomic mass is 32.2. The minimum Gasteiger partial charge on any atom is -0.454 e. The summed E-state index contributed by atoms with van der Waals surface area (Å²) in [7, 11) is 0. The molecule has 2 N–H and O–H groups in total. The Balaban J connectivity index is 1.54. The molecule has 4 rings (SSSR count). The number of hydrogen-bond acceptors (Lipinski definition) is 7. The Morgan fingerprint density at radius 2 is 2.04 bits per heavy atom. The van der Waals surface area contributed by atoms with E-state index in [4.69, 9.17) is 10.5 Å². The number of carbonyl (C=O) groups excluding carboxylic acids is 1. The lowest BCUT2D eigenvalue weighted by Gasteiger charge is -2.11. The SMILES string of the molecule is Nc1nc(COC(=O)c2ccccc2SC(F)F)nc2sc3c(c12)CCCC3. The smallest absolute Gasteiger partial charge is 0.339 e. The molecule has 28 heavy (non-hydrogen) atoms. The van der Waals surface area contributed by atoms with Crippen molar-refractivity contribution in [2.24, 2.45) is 0 Å². The third-order valence-electron chi connectivity index (χ3n) is 4.54. The van der Waals surface area contributed by atoms with Crippen LogP contribution in [0.25, 0.3) is 10.2 Å². The molecule has 1 aliphatic carbocycles. The van der Waals surface area contributed by atoms with Crippen molar-refractivity contribution in [2.75, 3.05) is 5.73 Å². The van der Waals surface area contributed by atoms with Crippen LogP contribution in [0.4, 0.5) is 14.6 Å². The zero-order valence-corrected chi connectivity index (χ0v) is 16.4. The van der Waals surface area contributed by atoms with E-state index in [1.165, 1.54) is 22.6 Å². The summed E-state index contributed by atoms with van der Waals surface area (Å²) in [5.41, 5.74) is 7.48. The number of thiophene rings is 1. The van der Waals surface area contributed by atoms with Gasteiger partial charge in [-0.3, -0.25) is 0 Å². The number of aromatic nitrogens is 2. The number of fused-ring (bicyclic) bond motifs is 3. The van der Waals surface area contributed by atoms with Crippen molar-refractivity contribution in [3.8, 4) is 0 Å². The van der Waals surface area contributed by atoms with Crippen LogP contribution < -0.4 is 5.73 Å². The summed E-state index contributed by atoms with van der Waals surface area (Å²) < 4.78 is 30.6. The molecule has 0 radical (unpaired) electrons. The molecular weight excluding hydrogens is 404 g/mol. The average Bonchev–Trinajstić information content (AvgIpc) is 3.05. The van der Waals surface area contributed by atoms with Crippen LogP contribution in [0.2, 0.25) is 0 Å². The van der Waals surface area contributed by atoms with Gasteiger partial charge in [-0.05, 0) is 43.4 Å². The number of nitrogens with zero attached hydrogens (tertiary/aromatic N) is 2. The van der Waals surface area contributed by atoms with E-state index in [0.717, 1.165) is 35.9 Å². The van der Waals surface area contributed by atoms with Crippen LogP contribution >= 0.6 is 23.1 Å². The number of benzene rings is 1. The second-order valence-corrected chi connectivity index (χ2v) is 8.48. The molecule has 0 amide bonds. The van der Waals surface area contributed by atoms with E-state index >= 15 is 0 Å². The molecule has 1 aromatic carbocycles. The van der Waals surface area contributed by atoms with Crippen LogP contribution in [-0.4, -0.2) is 21.7 Å². The summed E-state index contributed by atoms with van der Waals surface area (Å²) in [6, 6.07) is 6.11. The van der Waals surface area contributed by atoms with E-state index < -0.39 is 11.7 Å². The number of rotatable bonds is 5. The van der Waals surface area contributed by atoms with Gasteiger partial charge in [-0.1, -0.05) is 23.9 Å². The Morgan fingerprint density at radius 3 is 2.86 bits per heavy atom. The highest BCUT2D eigenvalue weighted by molar-refractivity contribution is 7.99. The van der Waals surface area contributed by atoms with Crippen LogP contribution in [0.1, 0.15) is 39.5 Å². The monoisotopic (exact) mass is 421 g/mol. The standard InChI is InChI=1S/C19H17F2N3O2S2/c20-19(21)28-13-8-4-2-6-11(13)18(25)26-9-14-23-16(22)15-10-5-1-3-7-12(10)27-17(15)24-14/h2,4,6,8,19H,1,3,5,7,9H2,(H2,22,23,24). The molecule has 0 unspecified atom stereocenters. The van der Waals surface area contributed by atoms with E-state index in [1.807, 2.05) is 0 Å². The first-order chi connectivity index (χ1) is 13.5. The predicted octanol–water partition coefficient (Wildman–Crippen LogP) is 4.82. The minimum atomic E-state index is -2.62. The Hall–Kier alpha value is -2.26. The van der Waals surface area contributed by atoms with Gasteiger partial charge in [0, 0.05) is 9.77 Å². The van der Waals surface area contributed by atoms with Gasteiger partial charge in [-0.15, -0.1) is 11.3 Å². The zero-order chi connectivity index (χ0) is 19.7. The second-order valence-electron chi connectivity index (χ2n) is 6.37. The summed E-state index contributed by atoms with van der Waals surface area (Å²) >= 11 is 1.92. The lowest BCUT2D eigenvalue weighted by atomic mass is 9.97. The first kappa shape index (κ1) is 19.1. The number of thioether (sulfide) groups is 1. The number of halogens is 2. The number of ether oxygens (including phenoxy) is 1. The van der Waals surface area contributed by atoms with Gasteiger partial charge < -0.3 is 10.5 Å². The number of anilines is 1. The molecule has 9 heteroatoms. The molecule has 146 valence electrons. The molecule has 2 aromatic heterocycles. The fraction of sp³-hybridized carbons (Fsp3) is 0.316. The van der Waals surface area contributed by atoms with Gasteiger partial charge in [0.1, 0.15) is 10.6 Å². The van der Waals surface area contributed by atoms with Gasteiger partial charge in [0.25, 0.3) is 5.76 Å². The first-order valence-electron chi connectivity index (χ1n) is 8.80. The molecule has 0 saturated heterocycles. The van der Waals surface area contributed by atoms with E-state index in [1.54, 1.807) is 23.5 Å². The predicted molar refractivity (Wildman–Crippen MR) is 106 cm³/mol. The highest BCUT2D eigenvalue weighted by Crippen LogP contribution is 2.37. The Kier molecular flexibility index (Phi) is 5.45. The molecule has 0 saturated carbocycles. The van der Waals surface area contributed by atoms with E-state index in [2.05, 4.69) is 9.97 Å². The lowest BCUT2D eigenvalue weighted by Crippen LogP contribution is -2.10. The summed E-state index contributed by atoms with van der Waals surface area (Å²) in [6.45, 7) is -0.171. The number of aryl methyl sites for hydroxylation is 2. The molecule has 5 nitrogen and oxygen atoms in total. The topological polar surface area (TPSA) is 78.1 Å². The van der Waals surface area contributed by atoms with Gasteiger partial charge in [0.05, 0.1) is 10.9 Å². The lowest BCUT2D eigenvalue weighted by molar-refractivity contribution is 0.0458. The van der Waals surface area contributed by atoms with Crippen LogP contribution in [0.5, 0.6) is 0 Å². The minimum absolute atomic E-state index is 0.0911. The molecule has 1 aliphatic rings. The van der Waals surface area contributed by atoms with Gasteiger partial charge in [-0.2, -0.15) is 8.78 Å². The number of carbonyl (C=O) groups is 1. The Bertz CT molecular complexity index is 1040. The number of nitrogen functional groups attached to an aromatic ring is 1. The zero-order valence-electron chi connectivity index (χ0n) is 14.8. The van der Waals surface area contributed by atoms with E-state index in [0.29, 0.717) is 23.4 Å². The fourth-order valence-corrected chi connectivity index (χ4v) is 5.25. The van der Waals surface area contributed by atoms with Crippen molar-refractivity contribution >= 4 is 45.1 Å². The molecular formula is C19H17F2N3O2S2. The molecule has 0 bridgehead atoms. The largest absolute Gasteiger partial charge is 0.454 e. The number of hydrogen-bond donors (Lipinski definition) is 1. The van der Waals surface area contributed by atoms with Crippen molar-refractivity contribution in [1.82, 2.24) is 9.97 Å². The second kappa shape index (κ2) is 8.00. The average molecular weight is 421 g/mol. The van der Waals surface area contributed by atoms with Crippen LogP contribution in [0.3, 0.4) is 0 Å². The maximum atomic E-state index is 12.7. The molecule has 0 fully saturated rings. The quantitative estimate of drug-likeness (QED) is 0.470. The number of alkyl halides is 2. The molecule has 3 aromatic rings. The maximum Gasteiger partial charge on any atom is 0.339 e. The molecule has 2 heterocycles. The van der Waals surface area contributed by atoms with Gasteiger partial charge in [-0.25, -0.2) is 14.8 Å². The molecule has 0 aliphatic heterocycles. The normalized spacial score (nSPS) is 13.7. The van der Waals surface area contributed by atoms with Crippen molar-refractivity contribution in [3.63, 3.8) is 0 Å². The van der Waals surface area contributed by atoms with Gasteiger partial charge >= 0.3 is 5.97 Å². The third kappa shape index (κ3) is 3.81. The van der Waals surface area contributed by atoms with Crippen molar-refractivity contribution in [1.29, 1.82) is 0 Å². The van der Waals surface area contributed by atoms with Crippen LogP contribution in [0, 0.1) is 0 Å². The number of nitrogens with two attached hydrogens (primary N) is 1. The molecule has 0 spiro atoms. The Morgan fingerprint density at radius 1 is 1.25 bits per heavy atom. The van der Waals surface area contributed by atoms with Crippen molar-refractivity contribution in [3.05, 3.63) is 46.1 Å². The highest BCUT2D eigenvalue weighted by Gasteiger charge is 2.21. The number of esters is 1. The third-order valence-corrected chi connectivity index (χ3v) is 6.52. The summed E-state index contributed by atoms with van der Waals surface area (Å²) in [5, 5.41) is 0.911. The summed E-state index contributed by atoms with van der Waals surface area (Å²) in [4.78, 5) is 23.4. The van der Waals surface area contributed by atoms with Crippen molar-refractivity contribution < 1.29 is 18.3 Å². The summed E-state index contributed by atoms with van der Waals surface area (Å²) in [6.07, 6.45) is 4.30. The first-order valence-corrected chi connectivity index (χ1v) is 10.5.